The maximum atomic E-state index is 12.2. The van der Waals surface area contributed by atoms with Crippen molar-refractivity contribution in [3.8, 4) is 0 Å². The van der Waals surface area contributed by atoms with Crippen LogP contribution in [0.25, 0.3) is 0 Å². The summed E-state index contributed by atoms with van der Waals surface area (Å²) in [6.07, 6.45) is 1.12. The van der Waals surface area contributed by atoms with E-state index in [-0.39, 0.29) is 19.6 Å². The van der Waals surface area contributed by atoms with Crippen molar-refractivity contribution in [2.45, 2.75) is 39.2 Å². The standard InChI is InChI=1S/C14H21NO5/c1-5-6-10(9-11(16)20-14(2,3)4)12(17)15-7-8-19-13(15)18/h5,10H,1,6-9H2,2-4H3. The molecule has 0 aromatic carbocycles. The number of carbonyl (C=O) groups excluding carboxylic acids is 3. The number of hydrogen-bond donors (Lipinski definition) is 0. The smallest absolute Gasteiger partial charge is 0.416 e. The highest BCUT2D eigenvalue weighted by Gasteiger charge is 2.34. The van der Waals surface area contributed by atoms with Crippen LogP contribution in [0.15, 0.2) is 12.7 Å². The fourth-order valence-electron chi connectivity index (χ4n) is 1.87. The first-order valence-corrected chi connectivity index (χ1v) is 6.55. The van der Waals surface area contributed by atoms with Gasteiger partial charge in [0, 0.05) is 0 Å². The Labute approximate surface area is 118 Å². The minimum absolute atomic E-state index is 0.0775. The van der Waals surface area contributed by atoms with Gasteiger partial charge in [-0.05, 0) is 27.2 Å². The molecule has 20 heavy (non-hydrogen) atoms. The summed E-state index contributed by atoms with van der Waals surface area (Å²) in [4.78, 5) is 36.4. The van der Waals surface area contributed by atoms with Gasteiger partial charge in [0.25, 0.3) is 0 Å². The average Bonchev–Trinajstić information content (AvgIpc) is 2.71. The van der Waals surface area contributed by atoms with Crippen LogP contribution < -0.4 is 0 Å². The Morgan fingerprint density at radius 1 is 1.50 bits per heavy atom. The molecule has 1 aliphatic rings. The number of carbonyl (C=O) groups is 3. The summed E-state index contributed by atoms with van der Waals surface area (Å²) < 4.78 is 9.92. The minimum atomic E-state index is -0.659. The third-order valence-corrected chi connectivity index (χ3v) is 2.66. The molecule has 1 heterocycles. The Kier molecular flexibility index (Phi) is 5.30. The molecular formula is C14H21NO5. The van der Waals surface area contributed by atoms with E-state index >= 15 is 0 Å². The van der Waals surface area contributed by atoms with Crippen molar-refractivity contribution in [2.24, 2.45) is 5.92 Å². The quantitative estimate of drug-likeness (QED) is 0.569. The van der Waals surface area contributed by atoms with E-state index in [0.29, 0.717) is 6.42 Å². The summed E-state index contributed by atoms with van der Waals surface area (Å²) in [6.45, 7) is 9.26. The predicted octanol–water partition coefficient (Wildman–Crippen LogP) is 1.89. The summed E-state index contributed by atoms with van der Waals surface area (Å²) >= 11 is 0. The molecule has 0 N–H and O–H groups in total. The Morgan fingerprint density at radius 3 is 2.60 bits per heavy atom. The second-order valence-electron chi connectivity index (χ2n) is 5.62. The number of cyclic esters (lactones) is 1. The second kappa shape index (κ2) is 6.54. The molecule has 1 saturated heterocycles. The van der Waals surface area contributed by atoms with Crippen LogP contribution in [-0.4, -0.2) is 41.6 Å². The molecular weight excluding hydrogens is 262 g/mol. The number of ether oxygens (including phenoxy) is 2. The molecule has 0 bridgehead atoms. The van der Waals surface area contributed by atoms with E-state index in [1.807, 2.05) is 0 Å². The van der Waals surface area contributed by atoms with Crippen molar-refractivity contribution in [1.29, 1.82) is 0 Å². The summed E-state index contributed by atoms with van der Waals surface area (Å²) in [5, 5.41) is 0. The Balaban J connectivity index is 2.68. The first-order chi connectivity index (χ1) is 9.24. The molecule has 0 saturated carbocycles. The first-order valence-electron chi connectivity index (χ1n) is 6.55. The molecule has 6 heteroatoms. The van der Waals surface area contributed by atoms with Gasteiger partial charge in [-0.3, -0.25) is 9.59 Å². The molecule has 1 rings (SSSR count). The fourth-order valence-corrected chi connectivity index (χ4v) is 1.87. The SMILES string of the molecule is C=CCC(CC(=O)OC(C)(C)C)C(=O)N1CCOC1=O. The van der Waals surface area contributed by atoms with E-state index in [2.05, 4.69) is 6.58 Å². The molecule has 1 aliphatic heterocycles. The molecule has 0 aliphatic carbocycles. The average molecular weight is 283 g/mol. The van der Waals surface area contributed by atoms with E-state index in [1.165, 1.54) is 0 Å². The van der Waals surface area contributed by atoms with Crippen molar-refractivity contribution >= 4 is 18.0 Å². The third-order valence-electron chi connectivity index (χ3n) is 2.66. The number of rotatable bonds is 5. The number of allylic oxidation sites excluding steroid dienone is 1. The maximum absolute atomic E-state index is 12.2. The van der Waals surface area contributed by atoms with Crippen molar-refractivity contribution in [1.82, 2.24) is 4.90 Å². The molecule has 0 spiro atoms. The third kappa shape index (κ3) is 4.68. The van der Waals surface area contributed by atoms with Crippen LogP contribution in [0.4, 0.5) is 4.79 Å². The number of nitrogens with zero attached hydrogens (tertiary/aromatic N) is 1. The summed E-state index contributed by atoms with van der Waals surface area (Å²) in [6, 6.07) is 0. The molecule has 1 fully saturated rings. The molecule has 0 aromatic heterocycles. The lowest BCUT2D eigenvalue weighted by Gasteiger charge is -2.22. The molecule has 0 radical (unpaired) electrons. The predicted molar refractivity (Wildman–Crippen MR) is 71.8 cm³/mol. The first kappa shape index (κ1) is 16.2. The van der Waals surface area contributed by atoms with Gasteiger partial charge in [-0.25, -0.2) is 9.69 Å². The number of amides is 2. The maximum Gasteiger partial charge on any atom is 0.416 e. The normalized spacial score (nSPS) is 16.6. The van der Waals surface area contributed by atoms with E-state index in [0.717, 1.165) is 4.90 Å². The zero-order chi connectivity index (χ0) is 15.3. The van der Waals surface area contributed by atoms with Crippen molar-refractivity contribution < 1.29 is 23.9 Å². The summed E-state index contributed by atoms with van der Waals surface area (Å²) in [5.41, 5.74) is -0.606. The van der Waals surface area contributed by atoms with Gasteiger partial charge in [0.15, 0.2) is 0 Å². The van der Waals surface area contributed by atoms with Gasteiger partial charge in [0.05, 0.1) is 18.9 Å². The van der Waals surface area contributed by atoms with E-state index in [9.17, 15) is 14.4 Å². The van der Waals surface area contributed by atoms with Crippen LogP contribution in [0.2, 0.25) is 0 Å². The lowest BCUT2D eigenvalue weighted by molar-refractivity contribution is -0.158. The van der Waals surface area contributed by atoms with Crippen LogP contribution >= 0.6 is 0 Å². The fraction of sp³-hybridized carbons (Fsp3) is 0.643. The Morgan fingerprint density at radius 2 is 2.15 bits per heavy atom. The molecule has 2 amide bonds. The van der Waals surface area contributed by atoms with Crippen LogP contribution in [0, 0.1) is 5.92 Å². The van der Waals surface area contributed by atoms with E-state index in [1.54, 1.807) is 26.8 Å². The van der Waals surface area contributed by atoms with Crippen LogP contribution in [0.3, 0.4) is 0 Å². The van der Waals surface area contributed by atoms with Gasteiger partial charge in [0.2, 0.25) is 5.91 Å². The van der Waals surface area contributed by atoms with E-state index in [4.69, 9.17) is 9.47 Å². The lowest BCUT2D eigenvalue weighted by atomic mass is 9.99. The van der Waals surface area contributed by atoms with Crippen molar-refractivity contribution in [3.63, 3.8) is 0 Å². The monoisotopic (exact) mass is 283 g/mol. The molecule has 6 nitrogen and oxygen atoms in total. The zero-order valence-corrected chi connectivity index (χ0v) is 12.2. The highest BCUT2D eigenvalue weighted by Crippen LogP contribution is 2.19. The van der Waals surface area contributed by atoms with Crippen LogP contribution in [-0.2, 0) is 19.1 Å². The zero-order valence-electron chi connectivity index (χ0n) is 12.2. The highest BCUT2D eigenvalue weighted by atomic mass is 16.6. The van der Waals surface area contributed by atoms with Gasteiger partial charge in [-0.1, -0.05) is 6.08 Å². The number of imide groups is 1. The molecule has 1 unspecified atom stereocenters. The second-order valence-corrected chi connectivity index (χ2v) is 5.62. The molecule has 112 valence electrons. The van der Waals surface area contributed by atoms with Gasteiger partial charge in [-0.2, -0.15) is 0 Å². The summed E-state index contributed by atoms with van der Waals surface area (Å²) in [7, 11) is 0. The van der Waals surface area contributed by atoms with Gasteiger partial charge < -0.3 is 9.47 Å². The summed E-state index contributed by atoms with van der Waals surface area (Å²) in [5.74, 6) is -1.53. The molecule has 0 aromatic rings. The highest BCUT2D eigenvalue weighted by molar-refractivity contribution is 5.95. The lowest BCUT2D eigenvalue weighted by Crippen LogP contribution is -2.38. The largest absolute Gasteiger partial charge is 0.460 e. The van der Waals surface area contributed by atoms with Crippen LogP contribution in [0.1, 0.15) is 33.6 Å². The Bertz CT molecular complexity index is 410. The number of hydrogen-bond acceptors (Lipinski definition) is 5. The molecule has 1 atom stereocenters. The number of esters is 1. The van der Waals surface area contributed by atoms with Gasteiger partial charge >= 0.3 is 12.1 Å². The minimum Gasteiger partial charge on any atom is -0.460 e. The topological polar surface area (TPSA) is 72.9 Å². The van der Waals surface area contributed by atoms with Gasteiger partial charge in [-0.15, -0.1) is 6.58 Å². The van der Waals surface area contributed by atoms with Crippen molar-refractivity contribution in [2.75, 3.05) is 13.2 Å². The van der Waals surface area contributed by atoms with Gasteiger partial charge in [0.1, 0.15) is 12.2 Å². The van der Waals surface area contributed by atoms with Crippen LogP contribution in [0.5, 0.6) is 0 Å². The van der Waals surface area contributed by atoms with Crippen molar-refractivity contribution in [3.05, 3.63) is 12.7 Å². The van der Waals surface area contributed by atoms with E-state index < -0.39 is 29.5 Å². The Hall–Kier alpha value is -1.85.